The van der Waals surface area contributed by atoms with Crippen LogP contribution in [-0.4, -0.2) is 0 Å². The number of anilines is 3. The van der Waals surface area contributed by atoms with Gasteiger partial charge >= 0.3 is 0 Å². The number of hydrogen-bond acceptors (Lipinski definition) is 1. The van der Waals surface area contributed by atoms with Crippen molar-refractivity contribution in [3.63, 3.8) is 0 Å². The highest BCUT2D eigenvalue weighted by atomic mass is 15.1. The van der Waals surface area contributed by atoms with Crippen molar-refractivity contribution in [1.82, 2.24) is 0 Å². The lowest BCUT2D eigenvalue weighted by Crippen LogP contribution is -2.18. The summed E-state index contributed by atoms with van der Waals surface area (Å²) in [5.41, 5.74) is 27.1. The zero-order valence-electron chi connectivity index (χ0n) is 38.0. The molecule has 0 N–H and O–H groups in total. The SMILES string of the molecule is CC1C=CC2=C(CC(c3cccc4c3-c3ccc(N(c5cc(-c6ccccc6)cc(-c6ccccc6)c5)c5ccc6c(c5)C(C)(C)c5ccccc5-6)cc3C4(C)C)=Cc3ccccc32)C1. The Hall–Kier alpha value is -7.22. The van der Waals surface area contributed by atoms with E-state index in [1.165, 1.54) is 94.6 Å². The zero-order chi connectivity index (χ0) is 44.0. The van der Waals surface area contributed by atoms with Gasteiger partial charge in [-0.2, -0.15) is 0 Å². The summed E-state index contributed by atoms with van der Waals surface area (Å²) in [5, 5.41) is 0. The van der Waals surface area contributed by atoms with Gasteiger partial charge in [-0.3, -0.25) is 0 Å². The van der Waals surface area contributed by atoms with E-state index in [-0.39, 0.29) is 10.8 Å². The van der Waals surface area contributed by atoms with Gasteiger partial charge in [-0.15, -0.1) is 0 Å². The molecule has 8 aromatic carbocycles. The van der Waals surface area contributed by atoms with Crippen LogP contribution in [0.5, 0.6) is 0 Å². The molecule has 4 aliphatic rings. The van der Waals surface area contributed by atoms with Crippen molar-refractivity contribution in [3.05, 3.63) is 239 Å². The minimum atomic E-state index is -0.222. The van der Waals surface area contributed by atoms with Gasteiger partial charge in [-0.05, 0) is 156 Å². The summed E-state index contributed by atoms with van der Waals surface area (Å²) in [6.45, 7) is 12.0. The van der Waals surface area contributed by atoms with E-state index < -0.39 is 0 Å². The summed E-state index contributed by atoms with van der Waals surface area (Å²) < 4.78 is 0. The summed E-state index contributed by atoms with van der Waals surface area (Å²) >= 11 is 0. The highest BCUT2D eigenvalue weighted by molar-refractivity contribution is 6.00. The monoisotopic (exact) mass is 835 g/mol. The minimum absolute atomic E-state index is 0.136. The average Bonchev–Trinajstić information content (AvgIpc) is 3.62. The third kappa shape index (κ3) is 6.35. The summed E-state index contributed by atoms with van der Waals surface area (Å²) in [6.07, 6.45) is 9.32. The molecule has 1 unspecified atom stereocenters. The predicted molar refractivity (Wildman–Crippen MR) is 276 cm³/mol. The van der Waals surface area contributed by atoms with Crippen LogP contribution < -0.4 is 4.90 Å². The van der Waals surface area contributed by atoms with E-state index in [2.05, 4.69) is 240 Å². The van der Waals surface area contributed by atoms with Gasteiger partial charge in [0, 0.05) is 27.9 Å². The van der Waals surface area contributed by atoms with Crippen LogP contribution in [0.25, 0.3) is 61.7 Å². The number of nitrogens with zero attached hydrogens (tertiary/aromatic N) is 1. The molecule has 0 aromatic heterocycles. The van der Waals surface area contributed by atoms with Gasteiger partial charge in [0.15, 0.2) is 0 Å². The second-order valence-corrected chi connectivity index (χ2v) is 19.8. The molecule has 0 heterocycles. The molecule has 0 bridgehead atoms. The molecule has 314 valence electrons. The summed E-state index contributed by atoms with van der Waals surface area (Å²) in [7, 11) is 0. The topological polar surface area (TPSA) is 3.24 Å². The van der Waals surface area contributed by atoms with Gasteiger partial charge in [0.25, 0.3) is 0 Å². The average molecular weight is 836 g/mol. The standard InChI is InChI=1S/C64H53N/c1-41-27-30-53-47(33-41)36-48(34-44-21-12-13-22-52(44)53)54-24-16-26-59-62(54)57-32-29-50(40-61(57)64(59,4)5)65(49-28-31-56-55-23-14-15-25-58(55)63(2,3)60(56)39-49)51-37-45(42-17-8-6-9-18-42)35-46(38-51)43-19-10-7-11-20-43/h6-32,34-35,37-41H,33,36H2,1-5H3. The Morgan fingerprint density at radius 1 is 0.446 bits per heavy atom. The second kappa shape index (κ2) is 14.9. The van der Waals surface area contributed by atoms with Crippen LogP contribution in [0, 0.1) is 5.92 Å². The maximum atomic E-state index is 2.52. The molecule has 0 amide bonds. The molecule has 1 atom stereocenters. The fourth-order valence-electron chi connectivity index (χ4n) is 11.7. The number of rotatable bonds is 6. The molecule has 0 saturated carbocycles. The van der Waals surface area contributed by atoms with Gasteiger partial charge in [0.2, 0.25) is 0 Å². The summed E-state index contributed by atoms with van der Waals surface area (Å²) in [5.74, 6) is 0.534. The van der Waals surface area contributed by atoms with Crippen LogP contribution in [-0.2, 0) is 10.8 Å². The van der Waals surface area contributed by atoms with Gasteiger partial charge in [0.05, 0.1) is 0 Å². The third-order valence-corrected chi connectivity index (χ3v) is 15.0. The summed E-state index contributed by atoms with van der Waals surface area (Å²) in [4.78, 5) is 2.52. The fourth-order valence-corrected chi connectivity index (χ4v) is 11.7. The quantitative estimate of drug-likeness (QED) is 0.161. The van der Waals surface area contributed by atoms with Crippen LogP contribution in [0.1, 0.15) is 86.4 Å². The first-order chi connectivity index (χ1) is 31.6. The van der Waals surface area contributed by atoms with Crippen molar-refractivity contribution in [2.45, 2.75) is 58.3 Å². The number of benzene rings is 8. The molecular formula is C64H53N. The number of hydrogen-bond donors (Lipinski definition) is 0. The third-order valence-electron chi connectivity index (χ3n) is 15.0. The van der Waals surface area contributed by atoms with Crippen molar-refractivity contribution in [3.8, 4) is 44.5 Å². The first kappa shape index (κ1) is 39.4. The highest BCUT2D eigenvalue weighted by Gasteiger charge is 2.39. The lowest BCUT2D eigenvalue weighted by Gasteiger charge is -2.30. The van der Waals surface area contributed by atoms with Gasteiger partial charge in [-0.25, -0.2) is 0 Å². The van der Waals surface area contributed by atoms with Crippen molar-refractivity contribution >= 4 is 34.3 Å². The largest absolute Gasteiger partial charge is 0.310 e. The van der Waals surface area contributed by atoms with Gasteiger partial charge in [-0.1, -0.05) is 198 Å². The molecule has 65 heavy (non-hydrogen) atoms. The van der Waals surface area contributed by atoms with Crippen molar-refractivity contribution in [2.75, 3.05) is 4.90 Å². The van der Waals surface area contributed by atoms with E-state index >= 15 is 0 Å². The van der Waals surface area contributed by atoms with Gasteiger partial charge in [0.1, 0.15) is 0 Å². The van der Waals surface area contributed by atoms with Crippen LogP contribution in [0.15, 0.2) is 200 Å². The lowest BCUT2D eigenvalue weighted by molar-refractivity contribution is 0.660. The Morgan fingerprint density at radius 2 is 1.00 bits per heavy atom. The number of allylic oxidation sites excluding steroid dienone is 5. The molecule has 0 radical (unpaired) electrons. The van der Waals surface area contributed by atoms with Crippen LogP contribution in [0.3, 0.4) is 0 Å². The predicted octanol–water partition coefficient (Wildman–Crippen LogP) is 17.4. The van der Waals surface area contributed by atoms with E-state index in [9.17, 15) is 0 Å². The highest BCUT2D eigenvalue weighted by Crippen LogP contribution is 2.56. The van der Waals surface area contributed by atoms with E-state index in [0.29, 0.717) is 5.92 Å². The molecule has 1 heteroatoms. The van der Waals surface area contributed by atoms with Crippen LogP contribution in [0.2, 0.25) is 0 Å². The Balaban J connectivity index is 1.05. The molecule has 0 fully saturated rings. The Bertz CT molecular complexity index is 3260. The van der Waals surface area contributed by atoms with E-state index in [1.807, 2.05) is 0 Å². The molecule has 8 aromatic rings. The van der Waals surface area contributed by atoms with Crippen molar-refractivity contribution in [2.24, 2.45) is 5.92 Å². The van der Waals surface area contributed by atoms with Gasteiger partial charge < -0.3 is 4.90 Å². The zero-order valence-corrected chi connectivity index (χ0v) is 38.0. The maximum Gasteiger partial charge on any atom is 0.0473 e. The van der Waals surface area contributed by atoms with E-state index in [4.69, 9.17) is 0 Å². The molecule has 1 nitrogen and oxygen atoms in total. The van der Waals surface area contributed by atoms with Crippen molar-refractivity contribution in [1.29, 1.82) is 0 Å². The molecule has 0 aliphatic heterocycles. The Labute approximate surface area is 384 Å². The smallest absolute Gasteiger partial charge is 0.0473 e. The number of fused-ring (bicyclic) bond motifs is 8. The molecular weight excluding hydrogens is 783 g/mol. The molecule has 0 spiro atoms. The normalized spacial score (nSPS) is 16.9. The van der Waals surface area contributed by atoms with E-state index in [1.54, 1.807) is 5.57 Å². The van der Waals surface area contributed by atoms with Crippen LogP contribution >= 0.6 is 0 Å². The fraction of sp³-hybridized carbons (Fsp3) is 0.156. The van der Waals surface area contributed by atoms with E-state index in [0.717, 1.165) is 29.9 Å². The molecule has 12 rings (SSSR count). The lowest BCUT2D eigenvalue weighted by atomic mass is 9.81. The Kier molecular flexibility index (Phi) is 9.04. The maximum absolute atomic E-state index is 2.52. The first-order valence-corrected chi connectivity index (χ1v) is 23.4. The first-order valence-electron chi connectivity index (χ1n) is 23.4. The summed E-state index contributed by atoms with van der Waals surface area (Å²) in [6, 6.07) is 68.3. The molecule has 0 saturated heterocycles. The van der Waals surface area contributed by atoms with Crippen LogP contribution in [0.4, 0.5) is 17.1 Å². The minimum Gasteiger partial charge on any atom is -0.310 e. The molecule has 4 aliphatic carbocycles. The Morgan fingerprint density at radius 3 is 1.71 bits per heavy atom. The van der Waals surface area contributed by atoms with Crippen molar-refractivity contribution < 1.29 is 0 Å². The second-order valence-electron chi connectivity index (χ2n) is 19.8.